The molecule has 0 saturated carbocycles. The summed E-state index contributed by atoms with van der Waals surface area (Å²) in [5.74, 6) is -19.4. The number of nitrogen functional groups attached to an aromatic ring is 2. The van der Waals surface area contributed by atoms with E-state index in [2.05, 4.69) is 0 Å². The van der Waals surface area contributed by atoms with E-state index in [1.54, 1.807) is 0 Å². The van der Waals surface area contributed by atoms with E-state index >= 15 is 4.39 Å². The zero-order chi connectivity index (χ0) is 32.1. The van der Waals surface area contributed by atoms with E-state index in [0.29, 0.717) is 60.7 Å². The zero-order valence-corrected chi connectivity index (χ0v) is 20.8. The Morgan fingerprint density at radius 2 is 0.814 bits per heavy atom. The van der Waals surface area contributed by atoms with Gasteiger partial charge < -0.3 is 20.9 Å². The summed E-state index contributed by atoms with van der Waals surface area (Å²) in [6.45, 7) is 0. The van der Waals surface area contributed by atoms with Crippen molar-refractivity contribution in [3.8, 4) is 23.0 Å². The van der Waals surface area contributed by atoms with E-state index in [0.717, 1.165) is 0 Å². The standard InChI is InChI=1S/C27H14F12N2O2/c28-15-9-17(19(30)21(32)23(15)40)42-13-5-1-11(2-6-13)25(34,26(35,36)27(37,38)39)12-3-7-14(8-4-12)43-18-10-16(29)24(41)22(33)20(18)31/h1-10H,40-41H2. The highest BCUT2D eigenvalue weighted by Crippen LogP contribution is 2.54. The topological polar surface area (TPSA) is 70.5 Å². The molecule has 0 aliphatic carbocycles. The lowest BCUT2D eigenvalue weighted by Gasteiger charge is -2.35. The van der Waals surface area contributed by atoms with Gasteiger partial charge in [-0.25, -0.2) is 22.0 Å². The summed E-state index contributed by atoms with van der Waals surface area (Å²) in [7, 11) is 0. The largest absolute Gasteiger partial charge is 0.457 e. The minimum absolute atomic E-state index is 0.335. The van der Waals surface area contributed by atoms with Crippen LogP contribution in [0.3, 0.4) is 0 Å². The summed E-state index contributed by atoms with van der Waals surface area (Å²) in [4.78, 5) is 0. The molecule has 4 rings (SSSR count). The molecular weight excluding hydrogens is 612 g/mol. The summed E-state index contributed by atoms with van der Waals surface area (Å²) in [6.07, 6.45) is -6.46. The fraction of sp³-hybridized carbons (Fsp3) is 0.111. The van der Waals surface area contributed by atoms with Crippen LogP contribution in [-0.4, -0.2) is 12.1 Å². The Bertz CT molecular complexity index is 1570. The predicted molar refractivity (Wildman–Crippen MR) is 127 cm³/mol. The first kappa shape index (κ1) is 31.2. The first-order valence-electron chi connectivity index (χ1n) is 11.5. The molecule has 0 aliphatic heterocycles. The lowest BCUT2D eigenvalue weighted by Crippen LogP contribution is -2.53. The summed E-state index contributed by atoms with van der Waals surface area (Å²) in [5.41, 5.74) is 0.396. The molecule has 0 amide bonds. The summed E-state index contributed by atoms with van der Waals surface area (Å²) >= 11 is 0. The second kappa shape index (κ2) is 10.8. The SMILES string of the molecule is Nc1c(F)cc(Oc2ccc(C(F)(c3ccc(Oc4cc(F)c(N)c(F)c4F)cc3)C(F)(F)C(F)(F)F)cc2)c(F)c1F. The van der Waals surface area contributed by atoms with Gasteiger partial charge in [0.15, 0.2) is 34.8 Å². The Morgan fingerprint density at radius 1 is 0.488 bits per heavy atom. The number of anilines is 2. The molecule has 4 nitrogen and oxygen atoms in total. The molecule has 0 radical (unpaired) electrons. The number of alkyl halides is 6. The monoisotopic (exact) mass is 626 g/mol. The minimum Gasteiger partial charge on any atom is -0.454 e. The van der Waals surface area contributed by atoms with Gasteiger partial charge in [-0.05, 0) is 24.3 Å². The first-order chi connectivity index (χ1) is 19.9. The summed E-state index contributed by atoms with van der Waals surface area (Å²) in [5, 5.41) is 0. The fourth-order valence-corrected chi connectivity index (χ4v) is 3.81. The molecule has 0 bridgehead atoms. The third-order valence-electron chi connectivity index (χ3n) is 6.07. The zero-order valence-electron chi connectivity index (χ0n) is 20.8. The van der Waals surface area contributed by atoms with Gasteiger partial charge in [-0.3, -0.25) is 0 Å². The highest BCUT2D eigenvalue weighted by Gasteiger charge is 2.72. The van der Waals surface area contributed by atoms with Crippen molar-refractivity contribution < 1.29 is 62.2 Å². The molecule has 4 N–H and O–H groups in total. The molecule has 228 valence electrons. The normalized spacial score (nSPS) is 12.4. The Kier molecular flexibility index (Phi) is 7.84. The van der Waals surface area contributed by atoms with Crippen LogP contribution < -0.4 is 20.9 Å². The van der Waals surface area contributed by atoms with Gasteiger partial charge >= 0.3 is 12.1 Å². The van der Waals surface area contributed by atoms with Crippen molar-refractivity contribution in [1.82, 2.24) is 0 Å². The van der Waals surface area contributed by atoms with Crippen molar-refractivity contribution in [2.75, 3.05) is 11.5 Å². The molecule has 0 aliphatic rings. The highest BCUT2D eigenvalue weighted by atomic mass is 19.4. The highest BCUT2D eigenvalue weighted by molar-refractivity contribution is 5.50. The van der Waals surface area contributed by atoms with E-state index in [4.69, 9.17) is 20.9 Å². The molecule has 0 unspecified atom stereocenters. The van der Waals surface area contributed by atoms with Crippen molar-refractivity contribution in [2.45, 2.75) is 17.8 Å². The number of ether oxygens (including phenoxy) is 2. The number of benzene rings is 4. The smallest absolute Gasteiger partial charge is 0.454 e. The Morgan fingerprint density at radius 3 is 1.12 bits per heavy atom. The summed E-state index contributed by atoms with van der Waals surface area (Å²) < 4.78 is 179. The van der Waals surface area contributed by atoms with Crippen molar-refractivity contribution in [3.05, 3.63) is 107 Å². The van der Waals surface area contributed by atoms with Gasteiger partial charge in [0.1, 0.15) is 22.9 Å². The average Bonchev–Trinajstić information content (AvgIpc) is 2.96. The quantitative estimate of drug-likeness (QED) is 0.122. The van der Waals surface area contributed by atoms with Crippen LogP contribution >= 0.6 is 0 Å². The Hall–Kier alpha value is -4.76. The second-order valence-corrected chi connectivity index (χ2v) is 8.78. The van der Waals surface area contributed by atoms with Gasteiger partial charge in [0.2, 0.25) is 17.3 Å². The van der Waals surface area contributed by atoms with Crippen LogP contribution in [0.4, 0.5) is 64.1 Å². The second-order valence-electron chi connectivity index (χ2n) is 8.78. The molecular formula is C27H14F12N2O2. The van der Waals surface area contributed by atoms with Crippen LogP contribution in [-0.2, 0) is 5.67 Å². The van der Waals surface area contributed by atoms with Crippen LogP contribution in [0.25, 0.3) is 0 Å². The maximum Gasteiger partial charge on any atom is 0.457 e. The van der Waals surface area contributed by atoms with Crippen LogP contribution in [0.15, 0.2) is 60.7 Å². The fourth-order valence-electron chi connectivity index (χ4n) is 3.81. The number of rotatable bonds is 7. The van der Waals surface area contributed by atoms with Crippen molar-refractivity contribution in [1.29, 1.82) is 0 Å². The molecule has 43 heavy (non-hydrogen) atoms. The Labute approximate surface area is 233 Å². The van der Waals surface area contributed by atoms with Gasteiger partial charge in [0.25, 0.3) is 0 Å². The van der Waals surface area contributed by atoms with E-state index in [-0.39, 0.29) is 0 Å². The van der Waals surface area contributed by atoms with Gasteiger partial charge in [-0.2, -0.15) is 30.7 Å². The molecule has 0 atom stereocenters. The lowest BCUT2D eigenvalue weighted by atomic mass is 9.82. The number of halogens is 12. The maximum atomic E-state index is 16.2. The molecule has 0 fully saturated rings. The van der Waals surface area contributed by atoms with Gasteiger partial charge in [-0.1, -0.05) is 24.3 Å². The van der Waals surface area contributed by atoms with Crippen LogP contribution in [0.1, 0.15) is 11.1 Å². The minimum atomic E-state index is -6.46. The van der Waals surface area contributed by atoms with E-state index in [1.165, 1.54) is 0 Å². The predicted octanol–water partition coefficient (Wildman–Crippen LogP) is 8.68. The maximum absolute atomic E-state index is 16.2. The molecule has 0 aromatic heterocycles. The number of nitrogens with two attached hydrogens (primary N) is 2. The first-order valence-corrected chi connectivity index (χ1v) is 11.5. The van der Waals surface area contributed by atoms with E-state index in [1.807, 2.05) is 0 Å². The van der Waals surface area contributed by atoms with Crippen LogP contribution in [0.5, 0.6) is 23.0 Å². The van der Waals surface area contributed by atoms with Crippen molar-refractivity contribution >= 4 is 11.4 Å². The molecule has 4 aromatic rings. The number of hydrogen-bond acceptors (Lipinski definition) is 4. The lowest BCUT2D eigenvalue weighted by molar-refractivity contribution is -0.323. The van der Waals surface area contributed by atoms with Gasteiger partial charge in [0, 0.05) is 23.3 Å². The van der Waals surface area contributed by atoms with Gasteiger partial charge in [-0.15, -0.1) is 0 Å². The molecule has 16 heteroatoms. The van der Waals surface area contributed by atoms with Crippen LogP contribution in [0, 0.1) is 34.9 Å². The molecule has 0 spiro atoms. The van der Waals surface area contributed by atoms with Crippen LogP contribution in [0.2, 0.25) is 0 Å². The number of hydrogen-bond donors (Lipinski definition) is 2. The summed E-state index contributed by atoms with van der Waals surface area (Å²) in [6, 6.07) is 4.79. The average molecular weight is 626 g/mol. The van der Waals surface area contributed by atoms with Gasteiger partial charge in [0.05, 0.1) is 0 Å². The third-order valence-corrected chi connectivity index (χ3v) is 6.07. The van der Waals surface area contributed by atoms with Crippen molar-refractivity contribution in [3.63, 3.8) is 0 Å². The van der Waals surface area contributed by atoms with Crippen molar-refractivity contribution in [2.24, 2.45) is 0 Å². The third kappa shape index (κ3) is 5.32. The van der Waals surface area contributed by atoms with E-state index in [9.17, 15) is 48.3 Å². The molecule has 0 saturated heterocycles. The van der Waals surface area contributed by atoms with E-state index < -0.39 is 98.2 Å². The molecule has 4 aromatic carbocycles. The Balaban J connectivity index is 1.72. The molecule has 0 heterocycles.